The van der Waals surface area contributed by atoms with Crippen molar-refractivity contribution in [2.75, 3.05) is 0 Å². The van der Waals surface area contributed by atoms with Gasteiger partial charge in [0.25, 0.3) is 5.69 Å². The van der Waals surface area contributed by atoms with Crippen LogP contribution in [0.2, 0.25) is 0 Å². The molecule has 1 aromatic carbocycles. The SMILES string of the molecule is CC(C)C1[C@H]2CC[C@H](C2)[C@H]1NS(=O)(=O)c1ccccc1[N+](=O)[O-]. The number of nitro benzene ring substituents is 1. The van der Waals surface area contributed by atoms with Crippen molar-refractivity contribution >= 4 is 15.7 Å². The standard InChI is InChI=1S/C16H22N2O4S/c1-10(2)15-11-7-8-12(9-11)16(15)17-23(21,22)14-6-4-3-5-13(14)18(19)20/h3-6,10-12,15-17H,7-9H2,1-2H3/t11-,12+,15?,16+/m0/s1. The Bertz CT molecular complexity index is 717. The first kappa shape index (κ1) is 16.4. The fraction of sp³-hybridized carbons (Fsp3) is 0.625. The quantitative estimate of drug-likeness (QED) is 0.660. The zero-order chi connectivity index (χ0) is 16.8. The largest absolute Gasteiger partial charge is 0.289 e. The lowest BCUT2D eigenvalue weighted by atomic mass is 9.78. The fourth-order valence-corrected chi connectivity index (χ4v) is 6.06. The third-order valence-corrected chi connectivity index (χ3v) is 6.90. The van der Waals surface area contributed by atoms with E-state index in [1.54, 1.807) is 0 Å². The molecule has 3 rings (SSSR count). The monoisotopic (exact) mass is 338 g/mol. The van der Waals surface area contributed by atoms with Crippen molar-refractivity contribution in [3.8, 4) is 0 Å². The number of nitrogens with zero attached hydrogens (tertiary/aromatic N) is 1. The minimum Gasteiger partial charge on any atom is -0.258 e. The predicted molar refractivity (Wildman–Crippen MR) is 86.4 cm³/mol. The minimum absolute atomic E-state index is 0.112. The summed E-state index contributed by atoms with van der Waals surface area (Å²) >= 11 is 0. The number of benzene rings is 1. The molecule has 126 valence electrons. The van der Waals surface area contributed by atoms with Gasteiger partial charge in [-0.05, 0) is 49.0 Å². The second-order valence-electron chi connectivity index (χ2n) is 7.03. The van der Waals surface area contributed by atoms with E-state index in [4.69, 9.17) is 0 Å². The molecule has 0 aliphatic heterocycles. The Hall–Kier alpha value is -1.47. The molecule has 0 saturated heterocycles. The minimum atomic E-state index is -3.90. The summed E-state index contributed by atoms with van der Waals surface area (Å²) in [6, 6.07) is 5.42. The molecule has 1 unspecified atom stereocenters. The number of nitrogens with one attached hydrogen (secondary N) is 1. The summed E-state index contributed by atoms with van der Waals surface area (Å²) in [5.74, 6) is 1.62. The highest BCUT2D eigenvalue weighted by Gasteiger charge is 2.50. The van der Waals surface area contributed by atoms with E-state index >= 15 is 0 Å². The van der Waals surface area contributed by atoms with E-state index in [0.717, 1.165) is 19.3 Å². The van der Waals surface area contributed by atoms with E-state index in [-0.39, 0.29) is 16.6 Å². The van der Waals surface area contributed by atoms with E-state index in [2.05, 4.69) is 18.6 Å². The van der Waals surface area contributed by atoms with Crippen molar-refractivity contribution < 1.29 is 13.3 Å². The van der Waals surface area contributed by atoms with E-state index < -0.39 is 14.9 Å². The van der Waals surface area contributed by atoms with Crippen LogP contribution in [0, 0.1) is 33.8 Å². The van der Waals surface area contributed by atoms with Gasteiger partial charge < -0.3 is 0 Å². The third-order valence-electron chi connectivity index (χ3n) is 5.39. The van der Waals surface area contributed by atoms with Crippen molar-refractivity contribution in [1.29, 1.82) is 0 Å². The second kappa shape index (κ2) is 5.87. The van der Waals surface area contributed by atoms with Crippen molar-refractivity contribution in [3.63, 3.8) is 0 Å². The van der Waals surface area contributed by atoms with E-state index in [1.807, 2.05) is 0 Å². The van der Waals surface area contributed by atoms with Crippen LogP contribution < -0.4 is 4.72 Å². The highest BCUT2D eigenvalue weighted by Crippen LogP contribution is 2.51. The molecule has 0 spiro atoms. The molecule has 2 saturated carbocycles. The summed E-state index contributed by atoms with van der Waals surface area (Å²) in [5.41, 5.74) is -0.371. The Labute approximate surface area is 136 Å². The van der Waals surface area contributed by atoms with Crippen LogP contribution in [0.3, 0.4) is 0 Å². The highest BCUT2D eigenvalue weighted by atomic mass is 32.2. The fourth-order valence-electron chi connectivity index (χ4n) is 4.55. The smallest absolute Gasteiger partial charge is 0.258 e. The van der Waals surface area contributed by atoms with Gasteiger partial charge in [0.2, 0.25) is 10.0 Å². The molecule has 6 nitrogen and oxygen atoms in total. The van der Waals surface area contributed by atoms with Crippen molar-refractivity contribution in [3.05, 3.63) is 34.4 Å². The number of sulfonamides is 1. The van der Waals surface area contributed by atoms with Crippen molar-refractivity contribution in [2.45, 2.75) is 44.0 Å². The molecule has 0 heterocycles. The van der Waals surface area contributed by atoms with Crippen molar-refractivity contribution in [2.24, 2.45) is 23.7 Å². The molecule has 2 bridgehead atoms. The molecule has 2 fully saturated rings. The van der Waals surface area contributed by atoms with Crippen LogP contribution in [0.5, 0.6) is 0 Å². The summed E-state index contributed by atoms with van der Waals surface area (Å²) in [4.78, 5) is 10.2. The molecule has 1 aromatic rings. The number of hydrogen-bond donors (Lipinski definition) is 1. The van der Waals surface area contributed by atoms with Crippen LogP contribution >= 0.6 is 0 Å². The Morgan fingerprint density at radius 1 is 1.22 bits per heavy atom. The molecular weight excluding hydrogens is 316 g/mol. The molecule has 4 atom stereocenters. The summed E-state index contributed by atoms with van der Waals surface area (Å²) in [6.07, 6.45) is 3.27. The Morgan fingerprint density at radius 3 is 2.52 bits per heavy atom. The van der Waals surface area contributed by atoms with Gasteiger partial charge >= 0.3 is 0 Å². The summed E-state index contributed by atoms with van der Waals surface area (Å²) in [5, 5.41) is 11.1. The second-order valence-corrected chi connectivity index (χ2v) is 8.71. The highest BCUT2D eigenvalue weighted by molar-refractivity contribution is 7.89. The van der Waals surface area contributed by atoms with Crippen molar-refractivity contribution in [1.82, 2.24) is 4.72 Å². The van der Waals surface area contributed by atoms with Gasteiger partial charge in [-0.15, -0.1) is 0 Å². The van der Waals surface area contributed by atoms with Gasteiger partial charge in [0.1, 0.15) is 0 Å². The number of hydrogen-bond acceptors (Lipinski definition) is 4. The maximum Gasteiger partial charge on any atom is 0.289 e. The van der Waals surface area contributed by atoms with Crippen LogP contribution in [0.15, 0.2) is 29.2 Å². The zero-order valence-electron chi connectivity index (χ0n) is 13.3. The predicted octanol–water partition coefficient (Wildman–Crippen LogP) is 2.94. The van der Waals surface area contributed by atoms with Crippen LogP contribution in [0.25, 0.3) is 0 Å². The first-order valence-electron chi connectivity index (χ1n) is 8.07. The number of para-hydroxylation sites is 1. The van der Waals surface area contributed by atoms with Crippen LogP contribution in [0.1, 0.15) is 33.1 Å². The molecule has 7 heteroatoms. The van der Waals surface area contributed by atoms with Gasteiger partial charge in [-0.1, -0.05) is 26.0 Å². The van der Waals surface area contributed by atoms with Crippen LogP contribution in [-0.4, -0.2) is 19.4 Å². The van der Waals surface area contributed by atoms with Gasteiger partial charge in [0.05, 0.1) is 4.92 Å². The molecule has 0 aromatic heterocycles. The molecule has 2 aliphatic carbocycles. The lowest BCUT2D eigenvalue weighted by Gasteiger charge is -2.34. The van der Waals surface area contributed by atoms with Crippen LogP contribution in [-0.2, 0) is 10.0 Å². The number of rotatable bonds is 5. The van der Waals surface area contributed by atoms with Gasteiger partial charge in [-0.3, -0.25) is 10.1 Å². The number of nitro groups is 1. The van der Waals surface area contributed by atoms with Gasteiger partial charge in [-0.2, -0.15) is 0 Å². The first-order valence-corrected chi connectivity index (χ1v) is 9.55. The lowest BCUT2D eigenvalue weighted by Crippen LogP contribution is -2.45. The Morgan fingerprint density at radius 2 is 1.87 bits per heavy atom. The molecule has 23 heavy (non-hydrogen) atoms. The molecular formula is C16H22N2O4S. The summed E-state index contributed by atoms with van der Waals surface area (Å²) in [6.45, 7) is 4.25. The Kier molecular flexibility index (Phi) is 4.18. The van der Waals surface area contributed by atoms with E-state index in [1.165, 1.54) is 24.3 Å². The topological polar surface area (TPSA) is 89.3 Å². The summed E-state index contributed by atoms with van der Waals surface area (Å²) < 4.78 is 28.3. The third kappa shape index (κ3) is 2.87. The molecule has 0 radical (unpaired) electrons. The van der Waals surface area contributed by atoms with Crippen LogP contribution in [0.4, 0.5) is 5.69 Å². The maximum atomic E-state index is 12.7. The van der Waals surface area contributed by atoms with E-state index in [9.17, 15) is 18.5 Å². The lowest BCUT2D eigenvalue weighted by molar-refractivity contribution is -0.387. The zero-order valence-corrected chi connectivity index (χ0v) is 14.1. The normalized spacial score (nSPS) is 30.0. The van der Waals surface area contributed by atoms with Gasteiger partial charge in [0.15, 0.2) is 4.90 Å². The summed E-state index contributed by atoms with van der Waals surface area (Å²) in [7, 11) is -3.90. The molecule has 1 N–H and O–H groups in total. The van der Waals surface area contributed by atoms with Gasteiger partial charge in [0, 0.05) is 12.1 Å². The first-order chi connectivity index (χ1) is 10.8. The average molecular weight is 338 g/mol. The van der Waals surface area contributed by atoms with Gasteiger partial charge in [-0.25, -0.2) is 13.1 Å². The molecule has 0 amide bonds. The maximum absolute atomic E-state index is 12.7. The number of fused-ring (bicyclic) bond motifs is 2. The average Bonchev–Trinajstić information content (AvgIpc) is 3.07. The van der Waals surface area contributed by atoms with E-state index in [0.29, 0.717) is 23.7 Å². The Balaban J connectivity index is 1.91. The molecule has 2 aliphatic rings.